The molecule has 0 N–H and O–H groups in total. The molecule has 0 unspecified atom stereocenters. The van der Waals surface area contributed by atoms with Gasteiger partial charge in [0.1, 0.15) is 0 Å². The number of para-hydroxylation sites is 5. The van der Waals surface area contributed by atoms with Crippen LogP contribution in [0.15, 0.2) is 200 Å². The smallest absolute Gasteiger partial charge is 0.0541 e. The Morgan fingerprint density at radius 3 is 1.31 bits per heavy atom. The van der Waals surface area contributed by atoms with Crippen LogP contribution in [0.3, 0.4) is 0 Å². The van der Waals surface area contributed by atoms with Crippen LogP contribution in [-0.2, 0) is 6.42 Å². The van der Waals surface area contributed by atoms with E-state index in [1.807, 2.05) is 0 Å². The van der Waals surface area contributed by atoms with Crippen molar-refractivity contribution in [2.75, 3.05) is 0 Å². The lowest BCUT2D eigenvalue weighted by Gasteiger charge is -2.16. The fourth-order valence-electron chi connectivity index (χ4n) is 10.2. The minimum atomic E-state index is 0.939. The highest BCUT2D eigenvalue weighted by Gasteiger charge is 2.24. The molecule has 0 spiro atoms. The van der Waals surface area contributed by atoms with Crippen LogP contribution in [0.4, 0.5) is 0 Å². The Kier molecular flexibility index (Phi) is 6.50. The minimum absolute atomic E-state index is 0.939. The number of aromatic nitrogens is 3. The van der Waals surface area contributed by atoms with E-state index in [0.29, 0.717) is 0 Å². The van der Waals surface area contributed by atoms with Gasteiger partial charge in [0.05, 0.1) is 38.8 Å². The van der Waals surface area contributed by atoms with Crippen LogP contribution in [0, 0.1) is 0 Å². The highest BCUT2D eigenvalue weighted by Crippen LogP contribution is 2.44. The maximum absolute atomic E-state index is 2.50. The van der Waals surface area contributed by atoms with Gasteiger partial charge in [-0.15, -0.1) is 0 Å². The van der Waals surface area contributed by atoms with Crippen LogP contribution < -0.4 is 0 Å². The van der Waals surface area contributed by atoms with Gasteiger partial charge in [-0.05, 0) is 100 Å². The molecule has 0 bridgehead atoms. The summed E-state index contributed by atoms with van der Waals surface area (Å²) in [6.45, 7) is 0. The van der Waals surface area contributed by atoms with Gasteiger partial charge in [-0.1, -0.05) is 133 Å². The second kappa shape index (κ2) is 11.9. The first-order valence-corrected chi connectivity index (χ1v) is 20.1. The summed E-state index contributed by atoms with van der Waals surface area (Å²) in [6, 6.07) is 74.0. The summed E-state index contributed by atoms with van der Waals surface area (Å²) in [7, 11) is 0. The normalized spacial score (nSPS) is 12.4. The van der Waals surface area contributed by atoms with E-state index >= 15 is 0 Å². The molecule has 0 fully saturated rings. The molecule has 0 atom stereocenters. The second-order valence-corrected chi connectivity index (χ2v) is 15.7. The van der Waals surface area contributed by atoms with E-state index < -0.39 is 0 Å². The average Bonchev–Trinajstić information content (AvgIpc) is 4.03. The van der Waals surface area contributed by atoms with Crippen LogP contribution in [0.1, 0.15) is 11.1 Å². The Morgan fingerprint density at radius 1 is 0.293 bits per heavy atom. The summed E-state index contributed by atoms with van der Waals surface area (Å²) < 4.78 is 7.39. The molecule has 3 nitrogen and oxygen atoms in total. The first-order chi connectivity index (χ1) is 28.8. The zero-order valence-electron chi connectivity index (χ0n) is 31.6. The van der Waals surface area contributed by atoms with Crippen LogP contribution in [0.2, 0.25) is 0 Å². The molecule has 9 aromatic carbocycles. The number of rotatable bonds is 4. The molecule has 0 aliphatic heterocycles. The van der Waals surface area contributed by atoms with Gasteiger partial charge in [0.2, 0.25) is 0 Å². The van der Waals surface area contributed by atoms with Crippen molar-refractivity contribution in [1.82, 2.24) is 13.7 Å². The van der Waals surface area contributed by atoms with Gasteiger partial charge in [0.25, 0.3) is 0 Å². The molecule has 1 aliphatic rings. The van der Waals surface area contributed by atoms with Gasteiger partial charge in [0.15, 0.2) is 0 Å². The third-order valence-corrected chi connectivity index (χ3v) is 12.7. The van der Waals surface area contributed by atoms with E-state index in [0.717, 1.165) is 17.8 Å². The summed E-state index contributed by atoms with van der Waals surface area (Å²) >= 11 is 0. The second-order valence-electron chi connectivity index (χ2n) is 15.7. The van der Waals surface area contributed by atoms with E-state index in [2.05, 4.69) is 214 Å². The standard InChI is InChI=1S/C55H35N3/c1-2-15-40-36(14-1)33-47-41(40)21-13-27-54(47)58-53-26-12-7-20-46(53)48-32-35(28-29-55(48)58)37-30-38(56-49-22-8-3-16-42(49)43-17-4-9-23-50(43)56)34-39(31-37)57-51-24-10-5-18-44(51)45-19-6-11-25-52(45)57/h1-32,34H,33H2. The highest BCUT2D eigenvalue weighted by molar-refractivity contribution is 6.12. The lowest BCUT2D eigenvalue weighted by molar-refractivity contribution is 1.12. The Labute approximate surface area is 334 Å². The molecule has 1 aliphatic carbocycles. The molecule has 0 saturated carbocycles. The zero-order valence-corrected chi connectivity index (χ0v) is 31.6. The third-order valence-electron chi connectivity index (χ3n) is 12.7. The van der Waals surface area contributed by atoms with Crippen molar-refractivity contribution in [2.45, 2.75) is 6.42 Å². The van der Waals surface area contributed by atoms with Crippen LogP contribution >= 0.6 is 0 Å². The van der Waals surface area contributed by atoms with E-state index in [1.54, 1.807) is 0 Å². The molecule has 12 aromatic rings. The maximum atomic E-state index is 2.50. The first kappa shape index (κ1) is 31.6. The molecule has 3 aromatic heterocycles. The molecule has 3 heteroatoms. The molecule has 0 saturated heterocycles. The van der Waals surface area contributed by atoms with Crippen molar-refractivity contribution < 1.29 is 0 Å². The Hall–Kier alpha value is -7.62. The summed E-state index contributed by atoms with van der Waals surface area (Å²) in [4.78, 5) is 0. The lowest BCUT2D eigenvalue weighted by Crippen LogP contribution is -2.00. The molecular formula is C55H35N3. The predicted octanol–water partition coefficient (Wildman–Crippen LogP) is 14.2. The molecule has 270 valence electrons. The van der Waals surface area contributed by atoms with Crippen LogP contribution in [0.25, 0.3) is 105 Å². The Bertz CT molecular complexity index is 3430. The van der Waals surface area contributed by atoms with Crippen LogP contribution in [0.5, 0.6) is 0 Å². The average molecular weight is 738 g/mol. The molecule has 0 amide bonds. The summed E-state index contributed by atoms with van der Waals surface area (Å²) in [5, 5.41) is 7.53. The van der Waals surface area contributed by atoms with Crippen molar-refractivity contribution >= 4 is 65.4 Å². The first-order valence-electron chi connectivity index (χ1n) is 20.1. The van der Waals surface area contributed by atoms with Gasteiger partial charge >= 0.3 is 0 Å². The van der Waals surface area contributed by atoms with Crippen molar-refractivity contribution in [3.05, 3.63) is 211 Å². The minimum Gasteiger partial charge on any atom is -0.309 e. The van der Waals surface area contributed by atoms with Gasteiger partial charge in [-0.25, -0.2) is 0 Å². The molecule has 0 radical (unpaired) electrons. The van der Waals surface area contributed by atoms with Gasteiger partial charge in [-0.3, -0.25) is 0 Å². The molecule has 13 rings (SSSR count). The van der Waals surface area contributed by atoms with E-state index in [9.17, 15) is 0 Å². The quantitative estimate of drug-likeness (QED) is 0.171. The largest absolute Gasteiger partial charge is 0.309 e. The Balaban J connectivity index is 1.08. The maximum Gasteiger partial charge on any atom is 0.0541 e. The number of hydrogen-bond acceptors (Lipinski definition) is 0. The SMILES string of the molecule is c1ccc2c(c1)Cc1c-2cccc1-n1c2ccccc2c2cc(-c3cc(-n4c5ccccc5c5ccccc54)cc(-n4c5ccccc5c5ccccc54)c3)ccc21. The molecular weight excluding hydrogens is 703 g/mol. The molecule has 3 heterocycles. The monoisotopic (exact) mass is 737 g/mol. The van der Waals surface area contributed by atoms with Crippen molar-refractivity contribution in [1.29, 1.82) is 0 Å². The Morgan fingerprint density at radius 2 is 0.741 bits per heavy atom. The fraction of sp³-hybridized carbons (Fsp3) is 0.0182. The van der Waals surface area contributed by atoms with Crippen molar-refractivity contribution in [2.24, 2.45) is 0 Å². The van der Waals surface area contributed by atoms with Gasteiger partial charge in [-0.2, -0.15) is 0 Å². The summed E-state index contributed by atoms with van der Waals surface area (Å²) in [5.41, 5.74) is 18.6. The highest BCUT2D eigenvalue weighted by atomic mass is 15.0. The van der Waals surface area contributed by atoms with E-state index in [-0.39, 0.29) is 0 Å². The van der Waals surface area contributed by atoms with Crippen molar-refractivity contribution in [3.63, 3.8) is 0 Å². The van der Waals surface area contributed by atoms with Gasteiger partial charge in [0, 0.05) is 50.1 Å². The number of fused-ring (bicyclic) bond motifs is 12. The summed E-state index contributed by atoms with van der Waals surface area (Å²) in [6.07, 6.45) is 0.939. The number of nitrogens with zero attached hydrogens (tertiary/aromatic N) is 3. The van der Waals surface area contributed by atoms with Crippen LogP contribution in [-0.4, -0.2) is 13.7 Å². The van der Waals surface area contributed by atoms with Crippen molar-refractivity contribution in [3.8, 4) is 39.3 Å². The van der Waals surface area contributed by atoms with E-state index in [1.165, 1.54) is 104 Å². The fourth-order valence-corrected chi connectivity index (χ4v) is 10.2. The topological polar surface area (TPSA) is 14.8 Å². The van der Waals surface area contributed by atoms with Gasteiger partial charge < -0.3 is 13.7 Å². The third kappa shape index (κ3) is 4.38. The number of hydrogen-bond donors (Lipinski definition) is 0. The number of benzene rings is 9. The zero-order chi connectivity index (χ0) is 37.9. The summed E-state index contributed by atoms with van der Waals surface area (Å²) in [5.74, 6) is 0. The lowest BCUT2D eigenvalue weighted by atomic mass is 10.0. The van der Waals surface area contributed by atoms with E-state index in [4.69, 9.17) is 0 Å². The predicted molar refractivity (Wildman–Crippen MR) is 243 cm³/mol. The molecule has 58 heavy (non-hydrogen) atoms.